The van der Waals surface area contributed by atoms with Gasteiger partial charge >= 0.3 is 0 Å². The van der Waals surface area contributed by atoms with E-state index in [1.54, 1.807) is 0 Å². The maximum Gasteiger partial charge on any atom is 0.239 e. The first-order chi connectivity index (χ1) is 11.7. The average molecular weight is 322 g/mol. The molecule has 0 unspecified atom stereocenters. The predicted molar refractivity (Wildman–Crippen MR) is 90.2 cm³/mol. The van der Waals surface area contributed by atoms with Gasteiger partial charge in [-0.2, -0.15) is 0 Å². The molecule has 122 valence electrons. The zero-order chi connectivity index (χ0) is 16.8. The van der Waals surface area contributed by atoms with E-state index in [1.165, 1.54) is 0 Å². The van der Waals surface area contributed by atoms with E-state index in [4.69, 9.17) is 0 Å². The summed E-state index contributed by atoms with van der Waals surface area (Å²) < 4.78 is 1.89. The first-order valence-corrected chi connectivity index (χ1v) is 7.70. The van der Waals surface area contributed by atoms with Gasteiger partial charge in [0.05, 0.1) is 25.2 Å². The highest BCUT2D eigenvalue weighted by atomic mass is 16.2. The molecule has 0 aliphatic rings. The fourth-order valence-corrected chi connectivity index (χ4v) is 2.35. The Labute approximate surface area is 139 Å². The highest BCUT2D eigenvalue weighted by Gasteiger charge is 2.07. The lowest BCUT2D eigenvalue weighted by molar-refractivity contribution is -0.125. The molecule has 3 aromatic rings. The van der Waals surface area contributed by atoms with Crippen LogP contribution >= 0.6 is 0 Å². The average Bonchev–Trinajstić information content (AvgIpc) is 3.02. The molecule has 6 heteroatoms. The second-order valence-corrected chi connectivity index (χ2v) is 5.41. The molecule has 6 nitrogen and oxygen atoms in total. The number of aromatic nitrogens is 2. The van der Waals surface area contributed by atoms with Gasteiger partial charge in [-0.15, -0.1) is 0 Å². The number of hydrogen-bond acceptors (Lipinski definition) is 3. The Bertz CT molecular complexity index is 809. The summed E-state index contributed by atoms with van der Waals surface area (Å²) in [5.74, 6) is -0.419. The highest BCUT2D eigenvalue weighted by Crippen LogP contribution is 2.04. The van der Waals surface area contributed by atoms with Gasteiger partial charge in [0.15, 0.2) is 0 Å². The van der Waals surface area contributed by atoms with Crippen LogP contribution in [0.4, 0.5) is 0 Å². The van der Waals surface area contributed by atoms with Crippen molar-refractivity contribution in [3.8, 4) is 0 Å². The Hall–Kier alpha value is -3.15. The van der Waals surface area contributed by atoms with Gasteiger partial charge in [0.25, 0.3) is 0 Å². The zero-order valence-electron chi connectivity index (χ0n) is 13.1. The number of imidazole rings is 1. The van der Waals surface area contributed by atoms with E-state index in [0.29, 0.717) is 6.54 Å². The first-order valence-electron chi connectivity index (χ1n) is 7.70. The molecule has 1 aromatic carbocycles. The lowest BCUT2D eigenvalue weighted by atomic mass is 10.1. The van der Waals surface area contributed by atoms with Crippen molar-refractivity contribution >= 4 is 17.5 Å². The third-order valence-electron chi connectivity index (χ3n) is 3.53. The van der Waals surface area contributed by atoms with Gasteiger partial charge in [-0.1, -0.05) is 36.4 Å². The topological polar surface area (TPSA) is 75.5 Å². The molecular formula is C18H18N4O2. The van der Waals surface area contributed by atoms with Crippen LogP contribution < -0.4 is 10.6 Å². The molecule has 0 saturated carbocycles. The van der Waals surface area contributed by atoms with Gasteiger partial charge in [0.1, 0.15) is 5.65 Å². The van der Waals surface area contributed by atoms with Crippen LogP contribution in [-0.4, -0.2) is 27.7 Å². The van der Waals surface area contributed by atoms with E-state index in [-0.39, 0.29) is 24.8 Å². The number of carbonyl (C=O) groups excluding carboxylic acids is 2. The number of benzene rings is 1. The molecular weight excluding hydrogens is 304 g/mol. The van der Waals surface area contributed by atoms with Crippen molar-refractivity contribution in [3.05, 3.63) is 72.2 Å². The van der Waals surface area contributed by atoms with Gasteiger partial charge in [-0.05, 0) is 17.7 Å². The molecule has 0 radical (unpaired) electrons. The minimum atomic E-state index is -0.242. The minimum absolute atomic E-state index is 0.0426. The third-order valence-corrected chi connectivity index (χ3v) is 3.53. The van der Waals surface area contributed by atoms with Crippen molar-refractivity contribution in [1.82, 2.24) is 20.0 Å². The molecule has 2 aromatic heterocycles. The summed E-state index contributed by atoms with van der Waals surface area (Å²) in [4.78, 5) is 28.0. The van der Waals surface area contributed by atoms with Crippen LogP contribution in [0.2, 0.25) is 0 Å². The molecule has 2 heterocycles. The van der Waals surface area contributed by atoms with Gasteiger partial charge in [0.2, 0.25) is 11.8 Å². The van der Waals surface area contributed by atoms with Gasteiger partial charge < -0.3 is 15.0 Å². The van der Waals surface area contributed by atoms with Crippen LogP contribution in [0.15, 0.2) is 60.9 Å². The van der Waals surface area contributed by atoms with Gasteiger partial charge in [-0.25, -0.2) is 4.98 Å². The SMILES string of the molecule is O=C(CNC(=O)Cc1ccccc1)NCc1cn2ccccc2n1. The van der Waals surface area contributed by atoms with E-state index in [9.17, 15) is 9.59 Å². The Balaban J connectivity index is 1.43. The Morgan fingerprint density at radius 1 is 0.958 bits per heavy atom. The number of amides is 2. The molecule has 2 amide bonds. The van der Waals surface area contributed by atoms with Gasteiger partial charge in [-0.3, -0.25) is 9.59 Å². The predicted octanol–water partition coefficient (Wildman–Crippen LogP) is 1.31. The molecule has 24 heavy (non-hydrogen) atoms. The fourth-order valence-electron chi connectivity index (χ4n) is 2.35. The second-order valence-electron chi connectivity index (χ2n) is 5.41. The van der Waals surface area contributed by atoms with Crippen LogP contribution in [0.5, 0.6) is 0 Å². The molecule has 0 spiro atoms. The molecule has 0 bridgehead atoms. The highest BCUT2D eigenvalue weighted by molar-refractivity contribution is 5.85. The van der Waals surface area contributed by atoms with E-state index >= 15 is 0 Å². The van der Waals surface area contributed by atoms with Crippen molar-refractivity contribution in [3.63, 3.8) is 0 Å². The van der Waals surface area contributed by atoms with Crippen LogP contribution in [0.1, 0.15) is 11.3 Å². The number of rotatable bonds is 6. The van der Waals surface area contributed by atoms with E-state index < -0.39 is 0 Å². The zero-order valence-corrected chi connectivity index (χ0v) is 13.1. The van der Waals surface area contributed by atoms with Crippen molar-refractivity contribution in [2.75, 3.05) is 6.54 Å². The van der Waals surface area contributed by atoms with E-state index in [1.807, 2.05) is 65.3 Å². The summed E-state index contributed by atoms with van der Waals surface area (Å²) in [6.07, 6.45) is 4.03. The van der Waals surface area contributed by atoms with Crippen LogP contribution in [0.3, 0.4) is 0 Å². The summed E-state index contributed by atoms with van der Waals surface area (Å²) in [5.41, 5.74) is 2.52. The molecule has 3 rings (SSSR count). The smallest absolute Gasteiger partial charge is 0.239 e. The number of carbonyl (C=O) groups is 2. The Morgan fingerprint density at radius 3 is 2.54 bits per heavy atom. The standard InChI is InChI=1S/C18H18N4O2/c23-17(10-14-6-2-1-3-7-14)20-12-18(24)19-11-15-13-22-9-5-4-8-16(22)21-15/h1-9,13H,10-12H2,(H,19,24)(H,20,23). The number of pyridine rings is 1. The molecule has 0 aliphatic carbocycles. The third kappa shape index (κ3) is 4.19. The quantitative estimate of drug-likeness (QED) is 0.718. The Kier molecular flexibility index (Phi) is 4.86. The monoisotopic (exact) mass is 322 g/mol. The summed E-state index contributed by atoms with van der Waals surface area (Å²) in [6, 6.07) is 15.1. The molecule has 0 aliphatic heterocycles. The van der Waals surface area contributed by atoms with Crippen LogP contribution in [-0.2, 0) is 22.6 Å². The van der Waals surface area contributed by atoms with Crippen molar-refractivity contribution in [2.45, 2.75) is 13.0 Å². The molecule has 0 saturated heterocycles. The maximum atomic E-state index is 11.8. The molecule has 0 fully saturated rings. The van der Waals surface area contributed by atoms with Crippen molar-refractivity contribution < 1.29 is 9.59 Å². The minimum Gasteiger partial charge on any atom is -0.349 e. The summed E-state index contributed by atoms with van der Waals surface area (Å²) in [6.45, 7) is 0.286. The normalized spacial score (nSPS) is 10.5. The van der Waals surface area contributed by atoms with E-state index in [2.05, 4.69) is 15.6 Å². The van der Waals surface area contributed by atoms with Crippen molar-refractivity contribution in [2.24, 2.45) is 0 Å². The number of fused-ring (bicyclic) bond motifs is 1. The fraction of sp³-hybridized carbons (Fsp3) is 0.167. The molecule has 0 atom stereocenters. The van der Waals surface area contributed by atoms with Crippen molar-refractivity contribution in [1.29, 1.82) is 0 Å². The second kappa shape index (κ2) is 7.41. The molecule has 2 N–H and O–H groups in total. The lowest BCUT2D eigenvalue weighted by Gasteiger charge is -2.06. The first kappa shape index (κ1) is 15.7. The van der Waals surface area contributed by atoms with E-state index in [0.717, 1.165) is 16.9 Å². The summed E-state index contributed by atoms with van der Waals surface area (Å²) in [7, 11) is 0. The van der Waals surface area contributed by atoms with Gasteiger partial charge in [0, 0.05) is 12.4 Å². The largest absolute Gasteiger partial charge is 0.349 e. The van der Waals surface area contributed by atoms with Crippen LogP contribution in [0, 0.1) is 0 Å². The Morgan fingerprint density at radius 2 is 1.75 bits per heavy atom. The number of nitrogens with zero attached hydrogens (tertiary/aromatic N) is 2. The maximum absolute atomic E-state index is 11.8. The lowest BCUT2D eigenvalue weighted by Crippen LogP contribution is -2.37. The number of hydrogen-bond donors (Lipinski definition) is 2. The summed E-state index contributed by atoms with van der Waals surface area (Å²) in [5, 5.41) is 5.37. The summed E-state index contributed by atoms with van der Waals surface area (Å²) >= 11 is 0. The van der Waals surface area contributed by atoms with Crippen LogP contribution in [0.25, 0.3) is 5.65 Å². The number of nitrogens with one attached hydrogen (secondary N) is 2.